The summed E-state index contributed by atoms with van der Waals surface area (Å²) in [5.41, 5.74) is 2.32. The third-order valence-electron chi connectivity index (χ3n) is 4.55. The highest BCUT2D eigenvalue weighted by Crippen LogP contribution is 2.34. The van der Waals surface area contributed by atoms with E-state index < -0.39 is 0 Å². The van der Waals surface area contributed by atoms with Crippen LogP contribution in [0.25, 0.3) is 10.2 Å². The normalized spacial score (nSPS) is 14.9. The summed E-state index contributed by atoms with van der Waals surface area (Å²) in [5, 5.41) is 4.93. The number of hydrogen-bond acceptors (Lipinski definition) is 4. The summed E-state index contributed by atoms with van der Waals surface area (Å²) in [4.78, 5) is 22.2. The molecule has 124 valence electrons. The molecular weight excluding hydrogens is 342 g/mol. The summed E-state index contributed by atoms with van der Waals surface area (Å²) in [6, 6.07) is 7.91. The van der Waals surface area contributed by atoms with Crippen LogP contribution in [0.5, 0.6) is 0 Å². The van der Waals surface area contributed by atoms with Gasteiger partial charge in [0.1, 0.15) is 10.7 Å². The monoisotopic (exact) mass is 359 g/mol. The standard InChI is InChI=1S/C18H18ClN3OS/c1-10(11-4-2-5-12(19)8-11)20-9-15-21-17(23)16-13-6-3-7-14(13)24-18(16)22-15/h2,4-5,8,10,20H,3,6-7,9H2,1H3,(H,21,22,23). The van der Waals surface area contributed by atoms with Gasteiger partial charge in [0.2, 0.25) is 0 Å². The predicted molar refractivity (Wildman–Crippen MR) is 99.0 cm³/mol. The summed E-state index contributed by atoms with van der Waals surface area (Å²) >= 11 is 7.71. The summed E-state index contributed by atoms with van der Waals surface area (Å²) in [6.07, 6.45) is 3.23. The van der Waals surface area contributed by atoms with Crippen molar-refractivity contribution in [1.82, 2.24) is 15.3 Å². The number of benzene rings is 1. The Kier molecular flexibility index (Phi) is 4.16. The Morgan fingerprint density at radius 2 is 2.29 bits per heavy atom. The molecular formula is C18H18ClN3OS. The molecule has 3 aromatic rings. The van der Waals surface area contributed by atoms with Crippen LogP contribution in [0.15, 0.2) is 29.1 Å². The molecule has 0 saturated heterocycles. The highest BCUT2D eigenvalue weighted by Gasteiger charge is 2.21. The molecule has 2 aromatic heterocycles. The lowest BCUT2D eigenvalue weighted by atomic mass is 10.1. The second-order valence-corrected chi connectivity index (χ2v) is 7.73. The number of aryl methyl sites for hydroxylation is 2. The number of halogens is 1. The van der Waals surface area contributed by atoms with Crippen LogP contribution >= 0.6 is 22.9 Å². The Labute approximate surface area is 148 Å². The van der Waals surface area contributed by atoms with E-state index in [1.165, 1.54) is 10.4 Å². The molecule has 0 radical (unpaired) electrons. The quantitative estimate of drug-likeness (QED) is 0.740. The Morgan fingerprint density at radius 1 is 1.42 bits per heavy atom. The zero-order valence-electron chi connectivity index (χ0n) is 13.4. The maximum absolute atomic E-state index is 12.4. The van der Waals surface area contributed by atoms with Crippen molar-refractivity contribution < 1.29 is 0 Å². The molecule has 24 heavy (non-hydrogen) atoms. The van der Waals surface area contributed by atoms with Gasteiger partial charge in [0.05, 0.1) is 11.9 Å². The fraction of sp³-hybridized carbons (Fsp3) is 0.333. The van der Waals surface area contributed by atoms with Crippen LogP contribution < -0.4 is 10.9 Å². The van der Waals surface area contributed by atoms with Gasteiger partial charge in [-0.1, -0.05) is 23.7 Å². The number of aromatic nitrogens is 2. The number of aromatic amines is 1. The number of H-pyrrole nitrogens is 1. The van der Waals surface area contributed by atoms with Crippen molar-refractivity contribution in [2.45, 2.75) is 38.8 Å². The lowest BCUT2D eigenvalue weighted by Crippen LogP contribution is -2.22. The van der Waals surface area contributed by atoms with E-state index in [2.05, 4.69) is 22.2 Å². The molecule has 1 aliphatic rings. The van der Waals surface area contributed by atoms with Crippen LogP contribution in [0, 0.1) is 0 Å². The van der Waals surface area contributed by atoms with Gasteiger partial charge in [-0.05, 0) is 49.4 Å². The van der Waals surface area contributed by atoms with Crippen LogP contribution in [-0.4, -0.2) is 9.97 Å². The first-order chi connectivity index (χ1) is 11.6. The first-order valence-electron chi connectivity index (χ1n) is 8.14. The van der Waals surface area contributed by atoms with Gasteiger partial charge in [-0.2, -0.15) is 0 Å². The molecule has 1 aromatic carbocycles. The molecule has 2 N–H and O–H groups in total. The van der Waals surface area contributed by atoms with Gasteiger partial charge in [0, 0.05) is 15.9 Å². The first kappa shape index (κ1) is 15.8. The number of fused-ring (bicyclic) bond motifs is 3. The maximum atomic E-state index is 12.4. The van der Waals surface area contributed by atoms with Crippen molar-refractivity contribution in [3.05, 3.63) is 61.5 Å². The first-order valence-corrected chi connectivity index (χ1v) is 9.33. The number of rotatable bonds is 4. The Balaban J connectivity index is 1.56. The summed E-state index contributed by atoms with van der Waals surface area (Å²) < 4.78 is 0. The molecule has 0 spiro atoms. The number of nitrogens with one attached hydrogen (secondary N) is 2. The van der Waals surface area contributed by atoms with Crippen molar-refractivity contribution in [3.8, 4) is 0 Å². The Bertz CT molecular complexity index is 963. The van der Waals surface area contributed by atoms with Crippen molar-refractivity contribution in [1.29, 1.82) is 0 Å². The van der Waals surface area contributed by atoms with E-state index >= 15 is 0 Å². The van der Waals surface area contributed by atoms with Crippen LogP contribution in [0.1, 0.15) is 41.2 Å². The van der Waals surface area contributed by atoms with Crippen LogP contribution in [0.2, 0.25) is 5.02 Å². The highest BCUT2D eigenvalue weighted by molar-refractivity contribution is 7.18. The fourth-order valence-electron chi connectivity index (χ4n) is 3.27. The Morgan fingerprint density at radius 3 is 3.12 bits per heavy atom. The zero-order valence-corrected chi connectivity index (χ0v) is 14.9. The molecule has 0 saturated carbocycles. The van der Waals surface area contributed by atoms with Gasteiger partial charge in [-0.25, -0.2) is 4.98 Å². The number of nitrogens with zero attached hydrogens (tertiary/aromatic N) is 1. The molecule has 1 atom stereocenters. The van der Waals surface area contributed by atoms with Crippen LogP contribution in [0.3, 0.4) is 0 Å². The molecule has 0 amide bonds. The molecule has 6 heteroatoms. The second kappa shape index (κ2) is 6.31. The molecule has 2 heterocycles. The minimum absolute atomic E-state index is 0.00777. The number of hydrogen-bond donors (Lipinski definition) is 2. The SMILES string of the molecule is CC(NCc1nc2sc3c(c2c(=O)[nH]1)CCC3)c1cccc(Cl)c1. The van der Waals surface area contributed by atoms with E-state index in [-0.39, 0.29) is 11.6 Å². The smallest absolute Gasteiger partial charge is 0.259 e. The molecule has 0 fully saturated rings. The second-order valence-electron chi connectivity index (χ2n) is 6.21. The Hall–Kier alpha value is -1.69. The van der Waals surface area contributed by atoms with Crippen LogP contribution in [-0.2, 0) is 19.4 Å². The predicted octanol–water partition coefficient (Wildman–Crippen LogP) is 3.98. The highest BCUT2D eigenvalue weighted by atomic mass is 35.5. The van der Waals surface area contributed by atoms with E-state index in [0.717, 1.165) is 40.1 Å². The average Bonchev–Trinajstić information content (AvgIpc) is 3.13. The largest absolute Gasteiger partial charge is 0.309 e. The fourth-order valence-corrected chi connectivity index (χ4v) is 4.75. The minimum atomic E-state index is -0.00777. The molecule has 0 aliphatic heterocycles. The molecule has 1 aliphatic carbocycles. The van der Waals surface area contributed by atoms with Gasteiger partial charge in [0.25, 0.3) is 5.56 Å². The molecule has 4 rings (SSSR count). The van der Waals surface area contributed by atoms with Crippen molar-refractivity contribution >= 4 is 33.2 Å². The van der Waals surface area contributed by atoms with Gasteiger partial charge in [-0.15, -0.1) is 11.3 Å². The number of thiophene rings is 1. The van der Waals surface area contributed by atoms with Gasteiger partial charge >= 0.3 is 0 Å². The van der Waals surface area contributed by atoms with E-state index in [4.69, 9.17) is 11.6 Å². The van der Waals surface area contributed by atoms with Gasteiger partial charge in [-0.3, -0.25) is 4.79 Å². The van der Waals surface area contributed by atoms with Crippen molar-refractivity contribution in [2.24, 2.45) is 0 Å². The lowest BCUT2D eigenvalue weighted by molar-refractivity contribution is 0.559. The molecule has 4 nitrogen and oxygen atoms in total. The topological polar surface area (TPSA) is 57.8 Å². The maximum Gasteiger partial charge on any atom is 0.259 e. The van der Waals surface area contributed by atoms with E-state index in [9.17, 15) is 4.79 Å². The van der Waals surface area contributed by atoms with Crippen LogP contribution in [0.4, 0.5) is 0 Å². The zero-order chi connectivity index (χ0) is 16.7. The summed E-state index contributed by atoms with van der Waals surface area (Å²) in [5.74, 6) is 0.682. The van der Waals surface area contributed by atoms with Gasteiger partial charge in [0.15, 0.2) is 0 Å². The summed E-state index contributed by atoms with van der Waals surface area (Å²) in [6.45, 7) is 2.59. The summed E-state index contributed by atoms with van der Waals surface area (Å²) in [7, 11) is 0. The lowest BCUT2D eigenvalue weighted by Gasteiger charge is -2.14. The average molecular weight is 360 g/mol. The van der Waals surface area contributed by atoms with Crippen molar-refractivity contribution in [3.63, 3.8) is 0 Å². The third kappa shape index (κ3) is 2.88. The van der Waals surface area contributed by atoms with E-state index in [1.54, 1.807) is 11.3 Å². The van der Waals surface area contributed by atoms with E-state index in [0.29, 0.717) is 12.4 Å². The van der Waals surface area contributed by atoms with Crippen molar-refractivity contribution in [2.75, 3.05) is 0 Å². The van der Waals surface area contributed by atoms with E-state index in [1.807, 2.05) is 24.3 Å². The minimum Gasteiger partial charge on any atom is -0.309 e. The molecule has 0 bridgehead atoms. The third-order valence-corrected chi connectivity index (χ3v) is 5.97. The van der Waals surface area contributed by atoms with Gasteiger partial charge < -0.3 is 10.3 Å². The molecule has 1 unspecified atom stereocenters.